The zero-order chi connectivity index (χ0) is 27.7. The third-order valence-electron chi connectivity index (χ3n) is 5.92. The molecule has 0 spiro atoms. The molecule has 0 saturated carbocycles. The number of halogens is 1. The number of guanidine groups is 1. The van der Waals surface area contributed by atoms with E-state index in [0.29, 0.717) is 48.8 Å². The number of hydrogen-bond acceptors (Lipinski definition) is 8. The summed E-state index contributed by atoms with van der Waals surface area (Å²) in [6.07, 6.45) is 1.66. The molecule has 0 bridgehead atoms. The molecule has 12 nitrogen and oxygen atoms in total. The maximum absolute atomic E-state index is 12.9. The van der Waals surface area contributed by atoms with Crippen LogP contribution in [0.3, 0.4) is 0 Å². The zero-order valence-electron chi connectivity index (χ0n) is 21.1. The highest BCUT2D eigenvalue weighted by atomic mass is 35.5. The van der Waals surface area contributed by atoms with Gasteiger partial charge < -0.3 is 32.6 Å². The minimum Gasteiger partial charge on any atom is -0.445 e. The van der Waals surface area contributed by atoms with Gasteiger partial charge in [-0.1, -0.05) is 23.7 Å². The molecule has 1 aromatic carbocycles. The lowest BCUT2D eigenvalue weighted by molar-refractivity contribution is -0.122. The van der Waals surface area contributed by atoms with Crippen molar-refractivity contribution in [2.75, 3.05) is 20.1 Å². The summed E-state index contributed by atoms with van der Waals surface area (Å²) < 4.78 is 5.48. The van der Waals surface area contributed by atoms with Crippen molar-refractivity contribution in [1.29, 1.82) is 0 Å². The molecule has 1 aromatic heterocycles. The van der Waals surface area contributed by atoms with Gasteiger partial charge in [0, 0.05) is 36.6 Å². The van der Waals surface area contributed by atoms with Crippen LogP contribution in [0.5, 0.6) is 0 Å². The molecule has 0 aliphatic carbocycles. The average Bonchev–Trinajstić information content (AvgIpc) is 3.52. The predicted molar refractivity (Wildman–Crippen MR) is 146 cm³/mol. The van der Waals surface area contributed by atoms with Crippen molar-refractivity contribution >= 4 is 46.8 Å². The van der Waals surface area contributed by atoms with Gasteiger partial charge in [-0.15, -0.1) is 11.3 Å². The minimum absolute atomic E-state index is 0.0108. The topological polar surface area (TPSA) is 191 Å². The summed E-state index contributed by atoms with van der Waals surface area (Å²) in [5.74, 6) is -0.787. The highest BCUT2D eigenvalue weighted by molar-refractivity contribution is 7.09. The first-order valence-electron chi connectivity index (χ1n) is 12.1. The Bertz CT molecular complexity index is 1160. The Kier molecular flexibility index (Phi) is 10.7. The van der Waals surface area contributed by atoms with Gasteiger partial charge in [0.2, 0.25) is 5.91 Å². The summed E-state index contributed by atoms with van der Waals surface area (Å²) in [5, 5.41) is 8.02. The van der Waals surface area contributed by atoms with Gasteiger partial charge in [0.25, 0.3) is 5.91 Å². The predicted octanol–water partition coefficient (Wildman–Crippen LogP) is 1.50. The SMILES string of the molecule is CNC(=O)[C@H](CCCCN=C(N)N)NC(=O)c1csc([C@@H]2C[C@@H](N)CN2C(=O)OCc2cccc(Cl)c2)n1. The molecule has 2 aromatic rings. The number of nitrogens with zero attached hydrogens (tertiary/aromatic N) is 3. The van der Waals surface area contributed by atoms with Crippen LogP contribution in [0.2, 0.25) is 5.02 Å². The fraction of sp³-hybridized carbons (Fsp3) is 0.458. The number of amides is 3. The van der Waals surface area contributed by atoms with Gasteiger partial charge in [0.1, 0.15) is 23.4 Å². The van der Waals surface area contributed by atoms with Crippen molar-refractivity contribution < 1.29 is 19.1 Å². The summed E-state index contributed by atoms with van der Waals surface area (Å²) in [6.45, 7) is 0.808. The van der Waals surface area contributed by atoms with Crippen LogP contribution in [0.15, 0.2) is 34.6 Å². The number of aromatic nitrogens is 1. The Hall–Kier alpha value is -3.42. The van der Waals surface area contributed by atoms with E-state index in [1.165, 1.54) is 23.3 Å². The van der Waals surface area contributed by atoms with E-state index < -0.39 is 24.1 Å². The molecule has 2 heterocycles. The number of hydrogen-bond donors (Lipinski definition) is 5. The molecule has 3 rings (SSSR count). The molecule has 3 atom stereocenters. The highest BCUT2D eigenvalue weighted by Crippen LogP contribution is 2.34. The molecule has 0 radical (unpaired) electrons. The summed E-state index contributed by atoms with van der Waals surface area (Å²) in [6, 6.07) is 5.64. The molecule has 206 valence electrons. The smallest absolute Gasteiger partial charge is 0.410 e. The number of unbranched alkanes of at least 4 members (excludes halogenated alkanes) is 1. The number of nitrogens with one attached hydrogen (secondary N) is 2. The van der Waals surface area contributed by atoms with Crippen LogP contribution in [0.1, 0.15) is 52.8 Å². The van der Waals surface area contributed by atoms with E-state index >= 15 is 0 Å². The first-order valence-corrected chi connectivity index (χ1v) is 13.4. The molecule has 1 saturated heterocycles. The van der Waals surface area contributed by atoms with E-state index in [1.807, 2.05) is 6.07 Å². The number of likely N-dealkylation sites (tertiary alicyclic amines) is 1. The molecule has 1 aliphatic rings. The average molecular weight is 565 g/mol. The highest BCUT2D eigenvalue weighted by Gasteiger charge is 2.37. The van der Waals surface area contributed by atoms with Crippen molar-refractivity contribution in [1.82, 2.24) is 20.5 Å². The maximum Gasteiger partial charge on any atom is 0.410 e. The number of aliphatic imine (C=N–C) groups is 1. The summed E-state index contributed by atoms with van der Waals surface area (Å²) in [7, 11) is 1.51. The van der Waals surface area contributed by atoms with Gasteiger partial charge >= 0.3 is 6.09 Å². The second-order valence-corrected chi connectivity index (χ2v) is 10.2. The number of ether oxygens (including phenoxy) is 1. The lowest BCUT2D eigenvalue weighted by atomic mass is 10.1. The first kappa shape index (κ1) is 29.1. The minimum atomic E-state index is -0.741. The van der Waals surface area contributed by atoms with Gasteiger partial charge in [-0.05, 0) is 43.4 Å². The Morgan fingerprint density at radius 1 is 1.32 bits per heavy atom. The van der Waals surface area contributed by atoms with Crippen LogP contribution in [0.25, 0.3) is 0 Å². The molecule has 1 aliphatic heterocycles. The summed E-state index contributed by atoms with van der Waals surface area (Å²) >= 11 is 7.25. The molecule has 3 amide bonds. The molecule has 0 unspecified atom stereocenters. The van der Waals surface area contributed by atoms with E-state index in [4.69, 9.17) is 33.5 Å². The number of benzene rings is 1. The van der Waals surface area contributed by atoms with Crippen LogP contribution in [0.4, 0.5) is 4.79 Å². The molecule has 1 fully saturated rings. The fourth-order valence-corrected chi connectivity index (χ4v) is 5.18. The number of carbonyl (C=O) groups excluding carboxylic acids is 3. The van der Waals surface area contributed by atoms with E-state index in [1.54, 1.807) is 23.6 Å². The molecular weight excluding hydrogens is 532 g/mol. The summed E-state index contributed by atoms with van der Waals surface area (Å²) in [4.78, 5) is 48.0. The molecule has 8 N–H and O–H groups in total. The second-order valence-electron chi connectivity index (χ2n) is 8.86. The monoisotopic (exact) mass is 564 g/mol. The number of rotatable bonds is 11. The van der Waals surface area contributed by atoms with Crippen LogP contribution >= 0.6 is 22.9 Å². The van der Waals surface area contributed by atoms with E-state index in [2.05, 4.69) is 20.6 Å². The zero-order valence-corrected chi connectivity index (χ0v) is 22.6. The maximum atomic E-state index is 12.9. The van der Waals surface area contributed by atoms with Gasteiger partial charge in [-0.3, -0.25) is 19.5 Å². The normalized spacial score (nSPS) is 17.5. The van der Waals surface area contributed by atoms with Crippen molar-refractivity contribution in [3.05, 3.63) is 50.9 Å². The molecular formula is C24H33ClN8O4S. The standard InChI is InChI=1S/C24H33ClN8O4S/c1-29-20(34)17(7-2-3-8-30-23(27)28)31-21(35)18-13-38-22(32-18)19-10-16(26)11-33(19)24(36)37-12-14-5-4-6-15(25)9-14/h4-6,9,13,16-17,19H,2-3,7-8,10-12,26H2,1H3,(H,29,34)(H,31,35)(H4,27,28,30)/t16-,17+,19+/m1/s1. The number of carbonyl (C=O) groups is 3. The third-order valence-corrected chi connectivity index (χ3v) is 7.10. The van der Waals surface area contributed by atoms with Crippen molar-refractivity contribution in [2.45, 2.75) is 50.4 Å². The largest absolute Gasteiger partial charge is 0.445 e. The number of thiazole rings is 1. The van der Waals surface area contributed by atoms with Gasteiger partial charge in [0.15, 0.2) is 5.96 Å². The molecule has 14 heteroatoms. The number of likely N-dealkylation sites (N-methyl/N-ethyl adjacent to an activating group) is 1. The van der Waals surface area contributed by atoms with E-state index in [0.717, 1.165) is 5.56 Å². The first-order chi connectivity index (χ1) is 18.2. The quantitative estimate of drug-likeness (QED) is 0.154. The van der Waals surface area contributed by atoms with Crippen molar-refractivity contribution in [3.8, 4) is 0 Å². The van der Waals surface area contributed by atoms with Crippen LogP contribution < -0.4 is 27.8 Å². The fourth-order valence-electron chi connectivity index (χ4n) is 4.05. The van der Waals surface area contributed by atoms with Crippen molar-refractivity contribution in [2.24, 2.45) is 22.2 Å². The van der Waals surface area contributed by atoms with E-state index in [-0.39, 0.29) is 30.2 Å². The Balaban J connectivity index is 1.61. The van der Waals surface area contributed by atoms with Gasteiger partial charge in [-0.25, -0.2) is 9.78 Å². The van der Waals surface area contributed by atoms with Gasteiger partial charge in [0.05, 0.1) is 6.04 Å². The number of nitrogens with two attached hydrogens (primary N) is 3. The molecule has 38 heavy (non-hydrogen) atoms. The Labute approximate surface area is 229 Å². The van der Waals surface area contributed by atoms with Crippen LogP contribution in [0, 0.1) is 0 Å². The van der Waals surface area contributed by atoms with Crippen LogP contribution in [-0.2, 0) is 16.1 Å². The van der Waals surface area contributed by atoms with Crippen molar-refractivity contribution in [3.63, 3.8) is 0 Å². The summed E-state index contributed by atoms with van der Waals surface area (Å²) in [5.41, 5.74) is 17.7. The third kappa shape index (κ3) is 8.30. The van der Waals surface area contributed by atoms with E-state index in [9.17, 15) is 14.4 Å². The second kappa shape index (κ2) is 13.9. The Morgan fingerprint density at radius 3 is 2.82 bits per heavy atom. The Morgan fingerprint density at radius 2 is 2.11 bits per heavy atom. The van der Waals surface area contributed by atoms with Gasteiger partial charge in [-0.2, -0.15) is 0 Å². The lowest BCUT2D eigenvalue weighted by Gasteiger charge is -2.22. The lowest BCUT2D eigenvalue weighted by Crippen LogP contribution is -2.45. The van der Waals surface area contributed by atoms with Crippen LogP contribution in [-0.4, -0.2) is 66.0 Å².